The minimum atomic E-state index is -0.00163. The topological polar surface area (TPSA) is 50.2 Å². The monoisotopic (exact) mass is 388 g/mol. The van der Waals surface area contributed by atoms with Gasteiger partial charge in [-0.2, -0.15) is 5.10 Å². The van der Waals surface area contributed by atoms with Gasteiger partial charge < -0.3 is 10.2 Å². The van der Waals surface area contributed by atoms with Gasteiger partial charge in [-0.1, -0.05) is 28.1 Å². The van der Waals surface area contributed by atoms with Crippen molar-refractivity contribution in [1.29, 1.82) is 0 Å². The Morgan fingerprint density at radius 1 is 1.38 bits per heavy atom. The molecule has 1 fully saturated rings. The van der Waals surface area contributed by atoms with E-state index in [1.54, 1.807) is 0 Å². The molecule has 5 nitrogen and oxygen atoms in total. The summed E-state index contributed by atoms with van der Waals surface area (Å²) >= 11 is 3.63. The van der Waals surface area contributed by atoms with Gasteiger partial charge in [0.15, 0.2) is 0 Å². The number of fused-ring (bicyclic) bond motifs is 1. The molecule has 0 bridgehead atoms. The van der Waals surface area contributed by atoms with Crippen LogP contribution in [0.15, 0.2) is 35.1 Å². The molecule has 1 aromatic carbocycles. The summed E-state index contributed by atoms with van der Waals surface area (Å²) in [6.45, 7) is 3.10. The van der Waals surface area contributed by atoms with Crippen LogP contribution in [0, 0.1) is 5.92 Å². The molecule has 0 unspecified atom stereocenters. The highest BCUT2D eigenvalue weighted by Gasteiger charge is 2.37. The number of benzene rings is 1. The number of nitrogens with zero attached hydrogens (tertiary/aromatic N) is 3. The lowest BCUT2D eigenvalue weighted by Crippen LogP contribution is -2.41. The van der Waals surface area contributed by atoms with E-state index in [0.29, 0.717) is 6.54 Å². The summed E-state index contributed by atoms with van der Waals surface area (Å²) in [5.74, 6) is 0.473. The summed E-state index contributed by atoms with van der Waals surface area (Å²) in [6, 6.07) is 6.29. The number of hydrogen-bond acceptors (Lipinski definition) is 3. The third-order valence-electron chi connectivity index (χ3n) is 5.21. The number of nitrogens with one attached hydrogen (secondary N) is 1. The second-order valence-corrected chi connectivity index (χ2v) is 7.56. The number of halogens is 1. The van der Waals surface area contributed by atoms with E-state index in [1.165, 1.54) is 11.1 Å². The lowest BCUT2D eigenvalue weighted by atomic mass is 9.89. The largest absolute Gasteiger partial charge is 0.338 e. The van der Waals surface area contributed by atoms with Crippen molar-refractivity contribution in [2.75, 3.05) is 19.6 Å². The number of aryl methyl sites for hydroxylation is 1. The molecule has 0 radical (unpaired) electrons. The molecule has 2 aliphatic rings. The molecule has 2 aromatic rings. The van der Waals surface area contributed by atoms with E-state index in [1.807, 2.05) is 29.0 Å². The Balaban J connectivity index is 1.54. The molecule has 0 saturated carbocycles. The molecule has 0 aliphatic carbocycles. The molecule has 3 heterocycles. The maximum absolute atomic E-state index is 13.2. The van der Waals surface area contributed by atoms with E-state index in [2.05, 4.69) is 44.5 Å². The van der Waals surface area contributed by atoms with Crippen LogP contribution in [0.2, 0.25) is 0 Å². The summed E-state index contributed by atoms with van der Waals surface area (Å²) in [7, 11) is 1.92. The lowest BCUT2D eigenvalue weighted by molar-refractivity contribution is -0.136. The number of carbonyl (C=O) groups is 1. The summed E-state index contributed by atoms with van der Waals surface area (Å²) < 4.78 is 2.91. The fraction of sp³-hybridized carbons (Fsp3) is 0.444. The molecule has 24 heavy (non-hydrogen) atoms. The van der Waals surface area contributed by atoms with Crippen LogP contribution in [0.25, 0.3) is 0 Å². The van der Waals surface area contributed by atoms with Crippen molar-refractivity contribution in [3.05, 3.63) is 51.8 Å². The van der Waals surface area contributed by atoms with Crippen LogP contribution in [-0.2, 0) is 24.8 Å². The molecule has 1 aromatic heterocycles. The number of aromatic nitrogens is 2. The second kappa shape index (κ2) is 6.33. The van der Waals surface area contributed by atoms with E-state index in [0.717, 1.165) is 36.1 Å². The van der Waals surface area contributed by atoms with Crippen LogP contribution in [0.3, 0.4) is 0 Å². The highest BCUT2D eigenvalue weighted by Crippen LogP contribution is 2.32. The first-order chi connectivity index (χ1) is 11.6. The van der Waals surface area contributed by atoms with Gasteiger partial charge in [-0.15, -0.1) is 0 Å². The minimum absolute atomic E-state index is 0.00163. The lowest BCUT2D eigenvalue weighted by Gasteiger charge is -2.32. The molecule has 4 rings (SSSR count). The number of rotatable bonds is 2. The fourth-order valence-corrected chi connectivity index (χ4v) is 4.42. The number of amides is 1. The maximum atomic E-state index is 13.2. The molecule has 1 N–H and O–H groups in total. The van der Waals surface area contributed by atoms with Crippen LogP contribution in [0.1, 0.15) is 22.6 Å². The van der Waals surface area contributed by atoms with Gasteiger partial charge in [0.1, 0.15) is 0 Å². The van der Waals surface area contributed by atoms with Crippen LogP contribution in [-0.4, -0.2) is 40.2 Å². The zero-order valence-electron chi connectivity index (χ0n) is 13.7. The average molecular weight is 389 g/mol. The third kappa shape index (κ3) is 2.78. The molecular formula is C18H21BrN4O. The maximum Gasteiger partial charge on any atom is 0.227 e. The van der Waals surface area contributed by atoms with Gasteiger partial charge in [0.25, 0.3) is 0 Å². The molecule has 1 saturated heterocycles. The van der Waals surface area contributed by atoms with Crippen LogP contribution < -0.4 is 5.32 Å². The van der Waals surface area contributed by atoms with E-state index >= 15 is 0 Å². The first kappa shape index (κ1) is 15.8. The van der Waals surface area contributed by atoms with Crippen LogP contribution >= 0.6 is 15.9 Å². The van der Waals surface area contributed by atoms with E-state index in [4.69, 9.17) is 0 Å². The summed E-state index contributed by atoms with van der Waals surface area (Å²) in [5, 5.41) is 7.65. The van der Waals surface area contributed by atoms with Gasteiger partial charge >= 0.3 is 0 Å². The van der Waals surface area contributed by atoms with E-state index in [9.17, 15) is 4.79 Å². The molecule has 126 valence electrons. The second-order valence-electron chi connectivity index (χ2n) is 6.71. The average Bonchev–Trinajstić information content (AvgIpc) is 3.23. The predicted octanol–water partition coefficient (Wildman–Crippen LogP) is 2.07. The standard InChI is InChI=1S/C18H21BrN4O/c1-22-10-13(7-21-22)14-8-20-9-15(14)18(24)23-6-5-12-3-2-4-17(19)16(12)11-23/h2-4,7,10,14-15,20H,5-6,8-9,11H2,1H3/t14-,15+/m1/s1. The molecule has 2 aliphatic heterocycles. The van der Waals surface area contributed by atoms with Gasteiger partial charge in [0.05, 0.1) is 12.1 Å². The van der Waals surface area contributed by atoms with Gasteiger partial charge in [0, 0.05) is 49.8 Å². The van der Waals surface area contributed by atoms with Crippen LogP contribution in [0.5, 0.6) is 0 Å². The Labute approximate surface area is 150 Å². The van der Waals surface area contributed by atoms with E-state index in [-0.39, 0.29) is 17.7 Å². The van der Waals surface area contributed by atoms with Crippen LogP contribution in [0.4, 0.5) is 0 Å². The molecule has 2 atom stereocenters. The summed E-state index contributed by atoms with van der Waals surface area (Å²) in [4.78, 5) is 15.2. The number of hydrogen-bond donors (Lipinski definition) is 1. The summed E-state index contributed by atoms with van der Waals surface area (Å²) in [5.41, 5.74) is 3.75. The minimum Gasteiger partial charge on any atom is -0.338 e. The van der Waals surface area contributed by atoms with E-state index < -0.39 is 0 Å². The number of carbonyl (C=O) groups excluding carboxylic acids is 1. The Kier molecular flexibility index (Phi) is 4.18. The molecule has 0 spiro atoms. The van der Waals surface area contributed by atoms with Crippen molar-refractivity contribution >= 4 is 21.8 Å². The Bertz CT molecular complexity index is 772. The van der Waals surface area contributed by atoms with Crippen molar-refractivity contribution in [2.45, 2.75) is 18.9 Å². The zero-order chi connectivity index (χ0) is 16.7. The zero-order valence-corrected chi connectivity index (χ0v) is 15.3. The quantitative estimate of drug-likeness (QED) is 0.856. The van der Waals surface area contributed by atoms with Crippen molar-refractivity contribution in [3.8, 4) is 0 Å². The Morgan fingerprint density at radius 3 is 3.04 bits per heavy atom. The van der Waals surface area contributed by atoms with Gasteiger partial charge in [0.2, 0.25) is 5.91 Å². The Morgan fingerprint density at radius 2 is 2.25 bits per heavy atom. The van der Waals surface area contributed by atoms with Gasteiger partial charge in [-0.3, -0.25) is 9.48 Å². The van der Waals surface area contributed by atoms with Crippen molar-refractivity contribution in [1.82, 2.24) is 20.0 Å². The van der Waals surface area contributed by atoms with Crippen molar-refractivity contribution < 1.29 is 4.79 Å². The smallest absolute Gasteiger partial charge is 0.227 e. The highest BCUT2D eigenvalue weighted by molar-refractivity contribution is 9.10. The van der Waals surface area contributed by atoms with Gasteiger partial charge in [-0.25, -0.2) is 0 Å². The molecular weight excluding hydrogens is 368 g/mol. The summed E-state index contributed by atoms with van der Waals surface area (Å²) in [6.07, 6.45) is 4.85. The SMILES string of the molecule is Cn1cc([C@H]2CNC[C@@H]2C(=O)N2CCc3cccc(Br)c3C2)cn1. The van der Waals surface area contributed by atoms with Crippen molar-refractivity contribution in [2.24, 2.45) is 13.0 Å². The van der Waals surface area contributed by atoms with Gasteiger partial charge in [-0.05, 0) is 29.2 Å². The predicted molar refractivity (Wildman–Crippen MR) is 95.6 cm³/mol. The highest BCUT2D eigenvalue weighted by atomic mass is 79.9. The molecule has 1 amide bonds. The van der Waals surface area contributed by atoms with Crippen molar-refractivity contribution in [3.63, 3.8) is 0 Å². The molecule has 6 heteroatoms. The third-order valence-corrected chi connectivity index (χ3v) is 5.95. The fourth-order valence-electron chi connectivity index (χ4n) is 3.88. The first-order valence-electron chi connectivity index (χ1n) is 8.38. The normalized spacial score (nSPS) is 23.3. The Hall–Kier alpha value is -1.66. The first-order valence-corrected chi connectivity index (χ1v) is 9.17.